The summed E-state index contributed by atoms with van der Waals surface area (Å²) >= 11 is 1.16. The monoisotopic (exact) mass is 440 g/mol. The number of carbonyl (C=O) groups excluding carboxylic acids is 1. The van der Waals surface area contributed by atoms with E-state index < -0.39 is 17.5 Å². The molecule has 0 unspecified atom stereocenters. The predicted octanol–water partition coefficient (Wildman–Crippen LogP) is 3.89. The van der Waals surface area contributed by atoms with Gasteiger partial charge in [0.25, 0.3) is 0 Å². The van der Waals surface area contributed by atoms with Gasteiger partial charge in [-0.15, -0.1) is 10.2 Å². The Hall–Kier alpha value is -3.53. The minimum absolute atomic E-state index is 0.0125. The molecule has 2 aromatic heterocycles. The first kappa shape index (κ1) is 20.7. The van der Waals surface area contributed by atoms with Crippen molar-refractivity contribution in [2.75, 3.05) is 11.1 Å². The second kappa shape index (κ2) is 8.68. The molecule has 4 rings (SSSR count). The van der Waals surface area contributed by atoms with Crippen molar-refractivity contribution in [2.24, 2.45) is 14.1 Å². The Morgan fingerprint density at radius 3 is 2.61 bits per heavy atom. The minimum Gasteiger partial charge on any atom is -0.323 e. The van der Waals surface area contributed by atoms with Crippen LogP contribution in [0, 0.1) is 11.6 Å². The Morgan fingerprint density at radius 2 is 1.87 bits per heavy atom. The minimum atomic E-state index is -0.829. The van der Waals surface area contributed by atoms with Crippen molar-refractivity contribution >= 4 is 23.4 Å². The summed E-state index contributed by atoms with van der Waals surface area (Å²) < 4.78 is 30.2. The molecule has 2 heterocycles. The summed E-state index contributed by atoms with van der Waals surface area (Å²) in [5.41, 5.74) is 2.47. The van der Waals surface area contributed by atoms with Gasteiger partial charge in [-0.1, -0.05) is 42.1 Å². The molecule has 0 atom stereocenters. The van der Waals surface area contributed by atoms with Crippen LogP contribution in [0.1, 0.15) is 0 Å². The Balaban J connectivity index is 1.50. The maximum atomic E-state index is 13.7. The Labute approximate surface area is 181 Å². The molecule has 2 aromatic carbocycles. The fraction of sp³-hybridized carbons (Fsp3) is 0.143. The zero-order chi connectivity index (χ0) is 22.0. The molecule has 0 aliphatic carbocycles. The number of aromatic nitrogens is 5. The number of nitrogens with one attached hydrogen (secondary N) is 1. The van der Waals surface area contributed by atoms with Gasteiger partial charge in [0.2, 0.25) is 5.91 Å². The maximum absolute atomic E-state index is 13.7. The molecule has 158 valence electrons. The molecule has 31 heavy (non-hydrogen) atoms. The van der Waals surface area contributed by atoms with E-state index in [0.29, 0.717) is 11.0 Å². The summed E-state index contributed by atoms with van der Waals surface area (Å²) in [5.74, 6) is -1.38. The maximum Gasteiger partial charge on any atom is 0.234 e. The van der Waals surface area contributed by atoms with E-state index in [9.17, 15) is 13.6 Å². The standard InChI is InChI=1S/C21H18F2N6OS/c1-28-11-15(19(27-28)13-6-4-3-5-7-13)20-25-26-21(29(20)2)31-12-18(30)24-17-9-8-14(22)10-16(17)23/h3-11H,12H2,1-2H3,(H,24,30). The normalized spacial score (nSPS) is 11.0. The number of anilines is 1. The van der Waals surface area contributed by atoms with Gasteiger partial charge in [0.1, 0.15) is 17.3 Å². The Kier molecular flexibility index (Phi) is 5.81. The van der Waals surface area contributed by atoms with Gasteiger partial charge in [-0.25, -0.2) is 8.78 Å². The molecule has 4 aromatic rings. The van der Waals surface area contributed by atoms with Crippen LogP contribution in [0.5, 0.6) is 0 Å². The van der Waals surface area contributed by atoms with Crippen molar-refractivity contribution in [3.05, 3.63) is 66.4 Å². The van der Waals surface area contributed by atoms with Crippen LogP contribution < -0.4 is 5.32 Å². The number of rotatable bonds is 6. The van der Waals surface area contributed by atoms with Crippen molar-refractivity contribution in [1.82, 2.24) is 24.5 Å². The van der Waals surface area contributed by atoms with E-state index in [-0.39, 0.29) is 11.4 Å². The van der Waals surface area contributed by atoms with Crippen molar-refractivity contribution in [1.29, 1.82) is 0 Å². The molecule has 0 saturated carbocycles. The van der Waals surface area contributed by atoms with Crippen LogP contribution in [0.25, 0.3) is 22.6 Å². The fourth-order valence-corrected chi connectivity index (χ4v) is 3.75. The lowest BCUT2D eigenvalue weighted by Gasteiger charge is -2.07. The average molecular weight is 440 g/mol. The molecule has 0 bridgehead atoms. The number of benzene rings is 2. The largest absolute Gasteiger partial charge is 0.323 e. The van der Waals surface area contributed by atoms with Crippen molar-refractivity contribution in [3.63, 3.8) is 0 Å². The first-order valence-corrected chi connectivity index (χ1v) is 10.3. The molecule has 0 radical (unpaired) electrons. The molecule has 0 aliphatic heterocycles. The van der Waals surface area contributed by atoms with Gasteiger partial charge >= 0.3 is 0 Å². The lowest BCUT2D eigenvalue weighted by Crippen LogP contribution is -2.15. The SMILES string of the molecule is Cn1cc(-c2nnc(SCC(=O)Nc3ccc(F)cc3F)n2C)c(-c2ccccc2)n1. The van der Waals surface area contributed by atoms with Crippen LogP contribution in [0.15, 0.2) is 59.9 Å². The summed E-state index contributed by atoms with van der Waals surface area (Å²) in [6.45, 7) is 0. The van der Waals surface area contributed by atoms with Crippen LogP contribution in [-0.4, -0.2) is 36.2 Å². The van der Waals surface area contributed by atoms with Gasteiger partial charge in [0, 0.05) is 31.9 Å². The number of hydrogen-bond acceptors (Lipinski definition) is 5. The number of hydrogen-bond donors (Lipinski definition) is 1. The molecule has 0 fully saturated rings. The first-order valence-electron chi connectivity index (χ1n) is 9.29. The summed E-state index contributed by atoms with van der Waals surface area (Å²) in [4.78, 5) is 12.2. The highest BCUT2D eigenvalue weighted by atomic mass is 32.2. The van der Waals surface area contributed by atoms with Crippen molar-refractivity contribution in [2.45, 2.75) is 5.16 Å². The second-order valence-corrected chi connectivity index (χ2v) is 7.70. The number of carbonyl (C=O) groups is 1. The number of halogens is 2. The van der Waals surface area contributed by atoms with Crippen LogP contribution in [0.2, 0.25) is 0 Å². The fourth-order valence-electron chi connectivity index (χ4n) is 3.04. The average Bonchev–Trinajstić information content (AvgIpc) is 3.31. The molecule has 1 amide bonds. The molecule has 0 spiro atoms. The number of nitrogens with zero attached hydrogens (tertiary/aromatic N) is 5. The molecule has 7 nitrogen and oxygen atoms in total. The molecular weight excluding hydrogens is 422 g/mol. The van der Waals surface area contributed by atoms with E-state index in [1.807, 2.05) is 43.6 Å². The summed E-state index contributed by atoms with van der Waals surface area (Å²) in [5, 5.41) is 15.9. The van der Waals surface area contributed by atoms with Gasteiger partial charge in [-0.05, 0) is 12.1 Å². The highest BCUT2D eigenvalue weighted by Crippen LogP contribution is 2.31. The lowest BCUT2D eigenvalue weighted by atomic mass is 10.1. The summed E-state index contributed by atoms with van der Waals surface area (Å²) in [6, 6.07) is 12.7. The van der Waals surface area contributed by atoms with E-state index in [1.165, 1.54) is 6.07 Å². The van der Waals surface area contributed by atoms with E-state index in [4.69, 9.17) is 0 Å². The van der Waals surface area contributed by atoms with E-state index in [1.54, 1.807) is 16.3 Å². The molecule has 10 heteroatoms. The summed E-state index contributed by atoms with van der Waals surface area (Å²) in [7, 11) is 3.64. The quantitative estimate of drug-likeness (QED) is 0.460. The lowest BCUT2D eigenvalue weighted by molar-refractivity contribution is -0.113. The summed E-state index contributed by atoms with van der Waals surface area (Å²) in [6.07, 6.45) is 1.87. The second-order valence-electron chi connectivity index (χ2n) is 6.76. The molecule has 1 N–H and O–H groups in total. The number of thioether (sulfide) groups is 1. The van der Waals surface area contributed by atoms with Gasteiger partial charge in [-0.2, -0.15) is 5.10 Å². The van der Waals surface area contributed by atoms with Crippen LogP contribution in [0.4, 0.5) is 14.5 Å². The smallest absolute Gasteiger partial charge is 0.234 e. The van der Waals surface area contributed by atoms with Crippen LogP contribution in [0.3, 0.4) is 0 Å². The van der Waals surface area contributed by atoms with Gasteiger partial charge in [-0.3, -0.25) is 9.48 Å². The first-order chi connectivity index (χ1) is 14.9. The third kappa shape index (κ3) is 4.48. The third-order valence-electron chi connectivity index (χ3n) is 4.49. The zero-order valence-corrected chi connectivity index (χ0v) is 17.5. The van der Waals surface area contributed by atoms with Crippen molar-refractivity contribution < 1.29 is 13.6 Å². The van der Waals surface area contributed by atoms with Gasteiger partial charge in [0.15, 0.2) is 11.0 Å². The highest BCUT2D eigenvalue weighted by molar-refractivity contribution is 7.99. The molecule has 0 aliphatic rings. The third-order valence-corrected chi connectivity index (χ3v) is 5.51. The topological polar surface area (TPSA) is 77.6 Å². The van der Waals surface area contributed by atoms with E-state index in [0.717, 1.165) is 40.7 Å². The van der Waals surface area contributed by atoms with Gasteiger partial charge < -0.3 is 9.88 Å². The van der Waals surface area contributed by atoms with E-state index in [2.05, 4.69) is 20.6 Å². The Bertz CT molecular complexity index is 1240. The number of aryl methyl sites for hydroxylation is 1. The Morgan fingerprint density at radius 1 is 1.10 bits per heavy atom. The van der Waals surface area contributed by atoms with Gasteiger partial charge in [0.05, 0.1) is 17.0 Å². The number of amides is 1. The van der Waals surface area contributed by atoms with Crippen LogP contribution in [-0.2, 0) is 18.9 Å². The predicted molar refractivity (Wildman–Crippen MR) is 114 cm³/mol. The zero-order valence-electron chi connectivity index (χ0n) is 16.7. The molecule has 0 saturated heterocycles. The van der Waals surface area contributed by atoms with Crippen LogP contribution >= 0.6 is 11.8 Å². The van der Waals surface area contributed by atoms with Crippen molar-refractivity contribution in [3.8, 4) is 22.6 Å². The highest BCUT2D eigenvalue weighted by Gasteiger charge is 2.19. The molecular formula is C21H18F2N6OS. The van der Waals surface area contributed by atoms with E-state index >= 15 is 0 Å².